The first-order valence-electron chi connectivity index (χ1n) is 6.16. The lowest BCUT2D eigenvalue weighted by Crippen LogP contribution is -2.13. The Kier molecular flexibility index (Phi) is 3.28. The van der Waals surface area contributed by atoms with E-state index in [1.807, 2.05) is 43.3 Å². The van der Waals surface area contributed by atoms with E-state index in [1.54, 1.807) is 6.07 Å². The summed E-state index contributed by atoms with van der Waals surface area (Å²) in [4.78, 5) is 19.6. The van der Waals surface area contributed by atoms with Crippen molar-refractivity contribution in [2.75, 3.05) is 5.32 Å². The minimum Gasteiger partial charge on any atom is -0.324 e. The number of halogens is 1. The maximum Gasteiger partial charge on any atom is 0.257 e. The highest BCUT2D eigenvalue weighted by Gasteiger charge is 2.10. The number of carbonyl (C=O) groups is 1. The highest BCUT2D eigenvalue weighted by atomic mass is 79.9. The lowest BCUT2D eigenvalue weighted by Gasteiger charge is -2.04. The zero-order valence-corrected chi connectivity index (χ0v) is 12.4. The van der Waals surface area contributed by atoms with E-state index in [1.165, 1.54) is 0 Å². The molecule has 0 aliphatic heterocycles. The van der Waals surface area contributed by atoms with Gasteiger partial charge in [0, 0.05) is 10.0 Å². The third kappa shape index (κ3) is 2.44. The Labute approximate surface area is 124 Å². The van der Waals surface area contributed by atoms with Crippen molar-refractivity contribution in [3.05, 3.63) is 58.1 Å². The Hall–Kier alpha value is -2.14. The molecule has 20 heavy (non-hydrogen) atoms. The SMILES string of the molecule is Cc1cc(C(=O)Nc2nc3ccccc3[nH]2)ccc1Br. The molecule has 0 unspecified atom stereocenters. The summed E-state index contributed by atoms with van der Waals surface area (Å²) in [6.45, 7) is 1.95. The van der Waals surface area contributed by atoms with E-state index >= 15 is 0 Å². The molecular formula is C15H12BrN3O. The van der Waals surface area contributed by atoms with E-state index in [-0.39, 0.29) is 5.91 Å². The first-order chi connectivity index (χ1) is 9.63. The fourth-order valence-electron chi connectivity index (χ4n) is 1.98. The average molecular weight is 330 g/mol. The molecule has 0 aliphatic carbocycles. The van der Waals surface area contributed by atoms with Crippen LogP contribution in [0.3, 0.4) is 0 Å². The van der Waals surface area contributed by atoms with E-state index in [9.17, 15) is 4.79 Å². The highest BCUT2D eigenvalue weighted by Crippen LogP contribution is 2.18. The molecule has 0 aliphatic rings. The van der Waals surface area contributed by atoms with Gasteiger partial charge in [-0.3, -0.25) is 10.1 Å². The second kappa shape index (κ2) is 5.09. The lowest BCUT2D eigenvalue weighted by molar-refractivity contribution is 0.102. The molecule has 100 valence electrons. The zero-order valence-electron chi connectivity index (χ0n) is 10.8. The zero-order chi connectivity index (χ0) is 14.1. The minimum atomic E-state index is -0.181. The average Bonchev–Trinajstić information content (AvgIpc) is 2.83. The van der Waals surface area contributed by atoms with Gasteiger partial charge in [0.25, 0.3) is 5.91 Å². The maximum absolute atomic E-state index is 12.2. The van der Waals surface area contributed by atoms with Gasteiger partial charge in [-0.1, -0.05) is 28.1 Å². The van der Waals surface area contributed by atoms with Crippen LogP contribution in [-0.2, 0) is 0 Å². The summed E-state index contributed by atoms with van der Waals surface area (Å²) in [7, 11) is 0. The van der Waals surface area contributed by atoms with Gasteiger partial charge in [-0.2, -0.15) is 0 Å². The molecule has 5 heteroatoms. The number of hydrogen-bond acceptors (Lipinski definition) is 2. The molecular weight excluding hydrogens is 318 g/mol. The fraction of sp³-hybridized carbons (Fsp3) is 0.0667. The summed E-state index contributed by atoms with van der Waals surface area (Å²) in [6.07, 6.45) is 0. The van der Waals surface area contributed by atoms with Gasteiger partial charge >= 0.3 is 0 Å². The summed E-state index contributed by atoms with van der Waals surface area (Å²) >= 11 is 3.42. The molecule has 1 heterocycles. The summed E-state index contributed by atoms with van der Waals surface area (Å²) < 4.78 is 0.984. The van der Waals surface area contributed by atoms with Crippen molar-refractivity contribution >= 4 is 38.8 Å². The maximum atomic E-state index is 12.2. The quantitative estimate of drug-likeness (QED) is 0.749. The van der Waals surface area contributed by atoms with Crippen LogP contribution in [0.4, 0.5) is 5.95 Å². The largest absolute Gasteiger partial charge is 0.324 e. The molecule has 3 aromatic rings. The standard InChI is InChI=1S/C15H12BrN3O/c1-9-8-10(6-7-11(9)16)14(20)19-15-17-12-4-2-3-5-13(12)18-15/h2-8H,1H3,(H2,17,18,19,20). The van der Waals surface area contributed by atoms with Crippen molar-refractivity contribution in [2.24, 2.45) is 0 Å². The molecule has 3 rings (SSSR count). The van der Waals surface area contributed by atoms with Crippen molar-refractivity contribution < 1.29 is 4.79 Å². The third-order valence-corrected chi connectivity index (χ3v) is 3.93. The summed E-state index contributed by atoms with van der Waals surface area (Å²) in [6, 6.07) is 13.1. The van der Waals surface area contributed by atoms with Gasteiger partial charge in [0.05, 0.1) is 11.0 Å². The van der Waals surface area contributed by atoms with Crippen LogP contribution in [-0.4, -0.2) is 15.9 Å². The van der Waals surface area contributed by atoms with Crippen LogP contribution in [0.25, 0.3) is 11.0 Å². The van der Waals surface area contributed by atoms with Crippen molar-refractivity contribution in [3.8, 4) is 0 Å². The number of anilines is 1. The molecule has 0 bridgehead atoms. The van der Waals surface area contributed by atoms with E-state index in [2.05, 4.69) is 31.2 Å². The predicted octanol–water partition coefficient (Wildman–Crippen LogP) is 3.89. The van der Waals surface area contributed by atoms with Crippen LogP contribution in [0.15, 0.2) is 46.9 Å². The topological polar surface area (TPSA) is 57.8 Å². The second-order valence-corrected chi connectivity index (χ2v) is 5.37. The molecule has 0 saturated heterocycles. The van der Waals surface area contributed by atoms with Gasteiger partial charge in [0.2, 0.25) is 5.95 Å². The lowest BCUT2D eigenvalue weighted by atomic mass is 10.1. The fourth-order valence-corrected chi connectivity index (χ4v) is 2.22. The molecule has 2 aromatic carbocycles. The number of aromatic nitrogens is 2. The van der Waals surface area contributed by atoms with Crippen LogP contribution in [0.2, 0.25) is 0 Å². The summed E-state index contributed by atoms with van der Waals surface area (Å²) in [5.41, 5.74) is 3.35. The number of carbonyl (C=O) groups excluding carboxylic acids is 1. The van der Waals surface area contributed by atoms with Crippen LogP contribution in [0.5, 0.6) is 0 Å². The monoisotopic (exact) mass is 329 g/mol. The number of imidazole rings is 1. The van der Waals surface area contributed by atoms with Gasteiger partial charge < -0.3 is 4.98 Å². The normalized spacial score (nSPS) is 10.7. The number of aromatic amines is 1. The van der Waals surface area contributed by atoms with Crippen LogP contribution in [0, 0.1) is 6.92 Å². The van der Waals surface area contributed by atoms with E-state index < -0.39 is 0 Å². The first kappa shape index (κ1) is 12.9. The van der Waals surface area contributed by atoms with Gasteiger partial charge in [-0.25, -0.2) is 4.98 Å². The molecule has 0 fully saturated rings. The Morgan fingerprint density at radius 3 is 2.80 bits per heavy atom. The van der Waals surface area contributed by atoms with E-state index in [0.29, 0.717) is 11.5 Å². The highest BCUT2D eigenvalue weighted by molar-refractivity contribution is 9.10. The smallest absolute Gasteiger partial charge is 0.257 e. The number of benzene rings is 2. The number of rotatable bonds is 2. The Morgan fingerprint density at radius 1 is 1.25 bits per heavy atom. The molecule has 0 atom stereocenters. The molecule has 0 spiro atoms. The summed E-state index contributed by atoms with van der Waals surface area (Å²) in [5, 5.41) is 2.77. The number of aryl methyl sites for hydroxylation is 1. The van der Waals surface area contributed by atoms with Gasteiger partial charge in [0.1, 0.15) is 0 Å². The molecule has 4 nitrogen and oxygen atoms in total. The molecule has 1 aromatic heterocycles. The number of fused-ring (bicyclic) bond motifs is 1. The van der Waals surface area contributed by atoms with Crippen molar-refractivity contribution in [2.45, 2.75) is 6.92 Å². The van der Waals surface area contributed by atoms with E-state index in [0.717, 1.165) is 21.1 Å². The predicted molar refractivity (Wildman–Crippen MR) is 82.9 cm³/mol. The van der Waals surface area contributed by atoms with E-state index in [4.69, 9.17) is 0 Å². The summed E-state index contributed by atoms with van der Waals surface area (Å²) in [5.74, 6) is 0.274. The Balaban J connectivity index is 1.86. The number of para-hydroxylation sites is 2. The van der Waals surface area contributed by atoms with Gasteiger partial charge in [0.15, 0.2) is 0 Å². The van der Waals surface area contributed by atoms with Crippen LogP contribution >= 0.6 is 15.9 Å². The Bertz CT molecular complexity index is 762. The van der Waals surface area contributed by atoms with Crippen LogP contribution in [0.1, 0.15) is 15.9 Å². The number of nitrogens with zero attached hydrogens (tertiary/aromatic N) is 1. The molecule has 1 amide bonds. The number of H-pyrrole nitrogens is 1. The number of hydrogen-bond donors (Lipinski definition) is 2. The molecule has 0 radical (unpaired) electrons. The van der Waals surface area contributed by atoms with Crippen molar-refractivity contribution in [1.82, 2.24) is 9.97 Å². The minimum absolute atomic E-state index is 0.181. The molecule has 2 N–H and O–H groups in total. The Morgan fingerprint density at radius 2 is 2.05 bits per heavy atom. The molecule has 0 saturated carbocycles. The van der Waals surface area contributed by atoms with Gasteiger partial charge in [-0.05, 0) is 42.8 Å². The second-order valence-electron chi connectivity index (χ2n) is 4.52. The number of amides is 1. The van der Waals surface area contributed by atoms with Gasteiger partial charge in [-0.15, -0.1) is 0 Å². The van der Waals surface area contributed by atoms with Crippen molar-refractivity contribution in [3.63, 3.8) is 0 Å². The number of nitrogens with one attached hydrogen (secondary N) is 2. The third-order valence-electron chi connectivity index (χ3n) is 3.04. The first-order valence-corrected chi connectivity index (χ1v) is 6.95. The van der Waals surface area contributed by atoms with Crippen molar-refractivity contribution in [1.29, 1.82) is 0 Å². The van der Waals surface area contributed by atoms with Crippen LogP contribution < -0.4 is 5.32 Å².